The van der Waals surface area contributed by atoms with Gasteiger partial charge in [0.25, 0.3) is 0 Å². The predicted molar refractivity (Wildman–Crippen MR) is 92.4 cm³/mol. The second-order valence-electron chi connectivity index (χ2n) is 6.45. The van der Waals surface area contributed by atoms with Crippen molar-refractivity contribution in [1.29, 1.82) is 0 Å². The van der Waals surface area contributed by atoms with Crippen LogP contribution in [0.5, 0.6) is 0 Å². The molecule has 2 rings (SSSR count). The number of aromatic nitrogens is 2. The molecule has 1 atom stereocenters. The van der Waals surface area contributed by atoms with Gasteiger partial charge in [0.05, 0.1) is 6.04 Å². The minimum absolute atomic E-state index is 0.103. The number of nitrogens with zero attached hydrogens (tertiary/aromatic N) is 4. The third-order valence-electron chi connectivity index (χ3n) is 4.72. The highest BCUT2D eigenvalue weighted by Gasteiger charge is 2.27. The lowest BCUT2D eigenvalue weighted by Crippen LogP contribution is -2.49. The number of carbonyl (C=O) groups excluding carboxylic acids is 1. The van der Waals surface area contributed by atoms with E-state index in [-0.39, 0.29) is 11.9 Å². The zero-order valence-electron chi connectivity index (χ0n) is 15.0. The maximum Gasteiger partial charge on any atom is 0.243 e. The molecule has 1 unspecified atom stereocenters. The van der Waals surface area contributed by atoms with E-state index in [0.29, 0.717) is 12.3 Å². The highest BCUT2D eigenvalue weighted by Crippen LogP contribution is 2.20. The normalized spacial score (nSPS) is 17.2. The Bertz CT molecular complexity index is 497. The maximum atomic E-state index is 12.3. The Morgan fingerprint density at radius 2 is 1.92 bits per heavy atom. The van der Waals surface area contributed by atoms with Crippen LogP contribution in [0.15, 0.2) is 4.52 Å². The van der Waals surface area contributed by atoms with Gasteiger partial charge in [-0.3, -0.25) is 9.69 Å². The lowest BCUT2D eigenvalue weighted by Gasteiger charge is -2.36. The molecule has 1 amide bonds. The zero-order chi connectivity index (χ0) is 17.4. The van der Waals surface area contributed by atoms with Crippen molar-refractivity contribution in [1.82, 2.24) is 19.9 Å². The molecule has 1 aliphatic heterocycles. The molecular formula is C17H31N5O2. The lowest BCUT2D eigenvalue weighted by molar-refractivity contribution is -0.133. The van der Waals surface area contributed by atoms with Gasteiger partial charge in [-0.05, 0) is 26.3 Å². The summed E-state index contributed by atoms with van der Waals surface area (Å²) in [7, 11) is 0. The molecule has 0 spiro atoms. The fourth-order valence-corrected chi connectivity index (χ4v) is 3.03. The molecule has 24 heavy (non-hydrogen) atoms. The van der Waals surface area contributed by atoms with Gasteiger partial charge < -0.3 is 15.2 Å². The number of hydrogen-bond acceptors (Lipinski definition) is 6. The third kappa shape index (κ3) is 5.27. The van der Waals surface area contributed by atoms with Gasteiger partial charge in [0.15, 0.2) is 5.82 Å². The summed E-state index contributed by atoms with van der Waals surface area (Å²) in [6.45, 7) is 8.10. The lowest BCUT2D eigenvalue weighted by atomic mass is 10.1. The Hall–Kier alpha value is -1.47. The van der Waals surface area contributed by atoms with Crippen LogP contribution in [0.4, 0.5) is 0 Å². The predicted octanol–water partition coefficient (Wildman–Crippen LogP) is 1.75. The molecule has 0 saturated carbocycles. The molecule has 1 fully saturated rings. The largest absolute Gasteiger partial charge is 0.340 e. The SMILES string of the molecule is CCc1noc(C(C)N2CCN(C(=O)CCCCCCN)CC2)n1. The molecule has 0 aliphatic carbocycles. The van der Waals surface area contributed by atoms with Crippen molar-refractivity contribution in [2.24, 2.45) is 5.73 Å². The molecule has 7 nitrogen and oxygen atoms in total. The van der Waals surface area contributed by atoms with Crippen molar-refractivity contribution >= 4 is 5.91 Å². The fourth-order valence-electron chi connectivity index (χ4n) is 3.03. The van der Waals surface area contributed by atoms with Crippen LogP contribution in [0, 0.1) is 0 Å². The van der Waals surface area contributed by atoms with Crippen molar-refractivity contribution in [3.63, 3.8) is 0 Å². The van der Waals surface area contributed by atoms with Crippen molar-refractivity contribution in [2.45, 2.75) is 58.4 Å². The average molecular weight is 337 g/mol. The molecule has 1 aromatic rings. The Labute approximate surface area is 144 Å². The molecule has 2 heterocycles. The van der Waals surface area contributed by atoms with Crippen LogP contribution in [-0.2, 0) is 11.2 Å². The third-order valence-corrected chi connectivity index (χ3v) is 4.72. The Kier molecular flexibility index (Phi) is 7.65. The van der Waals surface area contributed by atoms with Crippen LogP contribution < -0.4 is 5.73 Å². The van der Waals surface area contributed by atoms with Crippen molar-refractivity contribution in [3.8, 4) is 0 Å². The summed E-state index contributed by atoms with van der Waals surface area (Å²) in [6.07, 6.45) is 5.68. The zero-order valence-corrected chi connectivity index (χ0v) is 15.0. The van der Waals surface area contributed by atoms with E-state index < -0.39 is 0 Å². The van der Waals surface area contributed by atoms with Crippen LogP contribution in [0.1, 0.15) is 63.7 Å². The summed E-state index contributed by atoms with van der Waals surface area (Å²) in [6, 6.07) is 0.103. The molecule has 0 radical (unpaired) electrons. The van der Waals surface area contributed by atoms with Gasteiger partial charge in [-0.15, -0.1) is 0 Å². The quantitative estimate of drug-likeness (QED) is 0.691. The van der Waals surface area contributed by atoms with Gasteiger partial charge in [0, 0.05) is 39.0 Å². The maximum absolute atomic E-state index is 12.3. The van der Waals surface area contributed by atoms with Gasteiger partial charge in [0.2, 0.25) is 11.8 Å². The van der Waals surface area contributed by atoms with Crippen molar-refractivity contribution < 1.29 is 9.32 Å². The van der Waals surface area contributed by atoms with E-state index in [4.69, 9.17) is 10.3 Å². The summed E-state index contributed by atoms with van der Waals surface area (Å²) < 4.78 is 5.34. The summed E-state index contributed by atoms with van der Waals surface area (Å²) >= 11 is 0. The number of unbranched alkanes of at least 4 members (excludes halogenated alkanes) is 3. The monoisotopic (exact) mass is 337 g/mol. The number of amides is 1. The molecule has 0 aromatic carbocycles. The van der Waals surface area contributed by atoms with Crippen LogP contribution in [0.2, 0.25) is 0 Å². The van der Waals surface area contributed by atoms with Gasteiger partial charge >= 0.3 is 0 Å². The number of nitrogens with two attached hydrogens (primary N) is 1. The van der Waals surface area contributed by atoms with Gasteiger partial charge in [-0.1, -0.05) is 24.9 Å². The highest BCUT2D eigenvalue weighted by molar-refractivity contribution is 5.76. The first-order valence-electron chi connectivity index (χ1n) is 9.20. The number of aryl methyl sites for hydroxylation is 1. The van der Waals surface area contributed by atoms with E-state index >= 15 is 0 Å². The first kappa shape index (κ1) is 18.9. The molecule has 2 N–H and O–H groups in total. The Balaban J connectivity index is 1.71. The smallest absolute Gasteiger partial charge is 0.243 e. The molecule has 1 aromatic heterocycles. The van der Waals surface area contributed by atoms with Gasteiger partial charge in [-0.25, -0.2) is 0 Å². The second kappa shape index (κ2) is 9.74. The molecule has 136 valence electrons. The molecular weight excluding hydrogens is 306 g/mol. The van der Waals surface area contributed by atoms with Gasteiger partial charge in [0.1, 0.15) is 0 Å². The van der Waals surface area contributed by atoms with E-state index in [9.17, 15) is 4.79 Å². The number of hydrogen-bond donors (Lipinski definition) is 1. The van der Waals surface area contributed by atoms with Crippen molar-refractivity contribution in [2.75, 3.05) is 32.7 Å². The molecule has 1 aliphatic rings. The molecule has 0 bridgehead atoms. The van der Waals surface area contributed by atoms with Crippen LogP contribution >= 0.6 is 0 Å². The Morgan fingerprint density at radius 1 is 1.21 bits per heavy atom. The number of carbonyl (C=O) groups is 1. The first-order valence-corrected chi connectivity index (χ1v) is 9.20. The van der Waals surface area contributed by atoms with Crippen molar-refractivity contribution in [3.05, 3.63) is 11.7 Å². The fraction of sp³-hybridized carbons (Fsp3) is 0.824. The second-order valence-corrected chi connectivity index (χ2v) is 6.45. The highest BCUT2D eigenvalue weighted by atomic mass is 16.5. The van der Waals surface area contributed by atoms with E-state index in [2.05, 4.69) is 22.0 Å². The summed E-state index contributed by atoms with van der Waals surface area (Å²) in [5.74, 6) is 1.70. The minimum Gasteiger partial charge on any atom is -0.340 e. The summed E-state index contributed by atoms with van der Waals surface area (Å²) in [5, 5.41) is 3.96. The summed E-state index contributed by atoms with van der Waals surface area (Å²) in [5.41, 5.74) is 5.48. The van der Waals surface area contributed by atoms with Crippen LogP contribution in [0.25, 0.3) is 0 Å². The first-order chi connectivity index (χ1) is 11.7. The topological polar surface area (TPSA) is 88.5 Å². The number of piperazine rings is 1. The van der Waals surface area contributed by atoms with Crippen LogP contribution in [-0.4, -0.2) is 58.6 Å². The van der Waals surface area contributed by atoms with Crippen LogP contribution in [0.3, 0.4) is 0 Å². The Morgan fingerprint density at radius 3 is 2.54 bits per heavy atom. The van der Waals surface area contributed by atoms with Gasteiger partial charge in [-0.2, -0.15) is 4.98 Å². The minimum atomic E-state index is 0.103. The molecule has 7 heteroatoms. The van der Waals surface area contributed by atoms with E-state index in [1.807, 2.05) is 11.8 Å². The average Bonchev–Trinajstić information content (AvgIpc) is 3.10. The molecule has 1 saturated heterocycles. The van der Waals surface area contributed by atoms with E-state index in [1.165, 1.54) is 0 Å². The van der Waals surface area contributed by atoms with E-state index in [1.54, 1.807) is 0 Å². The summed E-state index contributed by atoms with van der Waals surface area (Å²) in [4.78, 5) is 21.0. The number of rotatable bonds is 9. The van der Waals surface area contributed by atoms with E-state index in [0.717, 1.165) is 70.7 Å². The standard InChI is InChI=1S/C17H31N5O2/c1-3-15-19-17(24-20-15)14(2)21-10-12-22(13-11-21)16(23)8-6-4-5-7-9-18/h14H,3-13,18H2,1-2H3.